The molecular weight excluding hydrogens is 231 g/mol. The van der Waals surface area contributed by atoms with Crippen LogP contribution in [0.15, 0.2) is 24.8 Å². The fourth-order valence-electron chi connectivity index (χ4n) is 2.37. The maximum Gasteiger partial charge on any atom is 0.290 e. The van der Waals surface area contributed by atoms with Gasteiger partial charge >= 0.3 is 0 Å². The lowest BCUT2D eigenvalue weighted by Crippen LogP contribution is -2.64. The van der Waals surface area contributed by atoms with Crippen LogP contribution in [-0.4, -0.2) is 31.4 Å². The number of hydrogen-bond donors (Lipinski definition) is 0. The van der Waals surface area contributed by atoms with E-state index in [4.69, 9.17) is 4.65 Å². The number of aromatic nitrogens is 4. The number of aryl methyl sites for hydroxylation is 2. The minimum Gasteiger partial charge on any atom is -0.676 e. The summed E-state index contributed by atoms with van der Waals surface area (Å²) in [6.45, 7) is 3.25. The van der Waals surface area contributed by atoms with E-state index >= 15 is 0 Å². The van der Waals surface area contributed by atoms with E-state index in [1.165, 1.54) is 6.92 Å². The molecule has 18 heavy (non-hydrogen) atoms. The molecule has 0 aliphatic carbocycles. The molecule has 7 heteroatoms. The molecule has 0 radical (unpaired) electrons. The zero-order valence-electron chi connectivity index (χ0n) is 11.0. The molecule has 0 aromatic carbocycles. The molecule has 0 amide bonds. The first-order valence-electron chi connectivity index (χ1n) is 5.79. The minimum absolute atomic E-state index is 0.344. The highest BCUT2D eigenvalue weighted by atomic mass is 16.5. The highest BCUT2D eigenvalue weighted by Crippen LogP contribution is 2.05. The molecule has 96 valence electrons. The van der Waals surface area contributed by atoms with Gasteiger partial charge in [0.25, 0.3) is 12.3 Å². The van der Waals surface area contributed by atoms with E-state index in [2.05, 4.69) is 9.97 Å². The smallest absolute Gasteiger partial charge is 0.290 e. The van der Waals surface area contributed by atoms with Crippen molar-refractivity contribution in [2.45, 2.75) is 13.7 Å². The number of rotatable bonds is 3. The first kappa shape index (κ1) is 12.4. The molecule has 0 bridgehead atoms. The molecular formula is C11H16BN4O2-. The Bertz CT molecular complexity index is 535. The van der Waals surface area contributed by atoms with Gasteiger partial charge in [-0.25, -0.2) is 0 Å². The fourth-order valence-corrected chi connectivity index (χ4v) is 2.37. The Morgan fingerprint density at radius 2 is 1.61 bits per heavy atom. The first-order chi connectivity index (χ1) is 8.45. The Labute approximate surface area is 106 Å². The molecule has 0 unspecified atom stereocenters. The van der Waals surface area contributed by atoms with E-state index in [9.17, 15) is 4.79 Å². The molecule has 0 saturated carbocycles. The van der Waals surface area contributed by atoms with Crippen LogP contribution in [0.4, 0.5) is 0 Å². The summed E-state index contributed by atoms with van der Waals surface area (Å²) >= 11 is 0. The Balaban J connectivity index is 2.58. The fraction of sp³-hybridized carbons (Fsp3) is 0.364. The standard InChI is InChI=1S/C11H16BN4O2/c1-9(17)18-12(2,10-13-5-7-15(10)3)11-14-6-8-16(11)4/h5-8H,1-4H3/q-1. The van der Waals surface area contributed by atoms with Crippen LogP contribution in [0.3, 0.4) is 0 Å². The van der Waals surface area contributed by atoms with Crippen molar-refractivity contribution in [3.8, 4) is 0 Å². The molecule has 2 aromatic rings. The lowest BCUT2D eigenvalue weighted by atomic mass is 9.40. The van der Waals surface area contributed by atoms with Gasteiger partial charge in [-0.3, -0.25) is 14.8 Å². The van der Waals surface area contributed by atoms with Crippen molar-refractivity contribution in [3.63, 3.8) is 0 Å². The zero-order chi connectivity index (χ0) is 13.3. The van der Waals surface area contributed by atoms with Crippen LogP contribution in [0.25, 0.3) is 0 Å². The van der Waals surface area contributed by atoms with Gasteiger partial charge in [-0.2, -0.15) is 0 Å². The molecule has 0 atom stereocenters. The molecule has 6 nitrogen and oxygen atoms in total. The minimum atomic E-state index is -1.76. The molecule has 2 heterocycles. The largest absolute Gasteiger partial charge is 0.676 e. The summed E-state index contributed by atoms with van der Waals surface area (Å²) in [5, 5.41) is 0. The van der Waals surface area contributed by atoms with Crippen LogP contribution >= 0.6 is 0 Å². The number of nitrogens with zero attached hydrogens (tertiary/aromatic N) is 4. The third kappa shape index (κ3) is 1.92. The Morgan fingerprint density at radius 1 is 1.17 bits per heavy atom. The van der Waals surface area contributed by atoms with Crippen LogP contribution in [0.5, 0.6) is 0 Å². The van der Waals surface area contributed by atoms with Gasteiger partial charge in [0.2, 0.25) is 0 Å². The predicted molar refractivity (Wildman–Crippen MR) is 69.1 cm³/mol. The van der Waals surface area contributed by atoms with Gasteiger partial charge in [-0.1, -0.05) is 0 Å². The van der Waals surface area contributed by atoms with Crippen molar-refractivity contribution in [2.24, 2.45) is 14.1 Å². The summed E-state index contributed by atoms with van der Waals surface area (Å²) in [4.78, 5) is 20.0. The van der Waals surface area contributed by atoms with Crippen molar-refractivity contribution < 1.29 is 9.45 Å². The predicted octanol–water partition coefficient (Wildman–Crippen LogP) is -0.594. The number of carbonyl (C=O) groups is 1. The third-order valence-corrected chi connectivity index (χ3v) is 3.10. The van der Waals surface area contributed by atoms with E-state index in [1.807, 2.05) is 42.4 Å². The molecule has 0 aliphatic heterocycles. The maximum atomic E-state index is 11.4. The van der Waals surface area contributed by atoms with Crippen LogP contribution in [0, 0.1) is 0 Å². The molecule has 0 saturated heterocycles. The third-order valence-electron chi connectivity index (χ3n) is 3.10. The van der Waals surface area contributed by atoms with E-state index < -0.39 is 6.35 Å². The average molecular weight is 247 g/mol. The molecule has 0 aliphatic rings. The van der Waals surface area contributed by atoms with Crippen LogP contribution < -0.4 is 11.4 Å². The topological polar surface area (TPSA) is 61.9 Å². The second-order valence-corrected chi connectivity index (χ2v) is 4.60. The summed E-state index contributed by atoms with van der Waals surface area (Å²) in [5.74, 6) is -0.344. The summed E-state index contributed by atoms with van der Waals surface area (Å²) in [5.41, 5.74) is 1.39. The molecule has 2 rings (SSSR count). The SMILES string of the molecule is CC(=O)O[B-](C)(c1nccn1C)c1nccn1C. The number of imidazole rings is 2. The van der Waals surface area contributed by atoms with Crippen molar-refractivity contribution in [1.29, 1.82) is 0 Å². The zero-order valence-corrected chi connectivity index (χ0v) is 11.0. The molecule has 2 aromatic heterocycles. The molecule has 0 spiro atoms. The summed E-state index contributed by atoms with van der Waals surface area (Å²) in [7, 11) is 3.74. The van der Waals surface area contributed by atoms with Crippen LogP contribution in [0.1, 0.15) is 6.92 Å². The number of hydrogen-bond acceptors (Lipinski definition) is 4. The van der Waals surface area contributed by atoms with Gasteiger partial charge in [0.15, 0.2) is 0 Å². The monoisotopic (exact) mass is 247 g/mol. The summed E-state index contributed by atoms with van der Waals surface area (Å²) < 4.78 is 9.23. The Morgan fingerprint density at radius 3 is 1.89 bits per heavy atom. The highest BCUT2D eigenvalue weighted by molar-refractivity contribution is 6.95. The van der Waals surface area contributed by atoms with Crippen LogP contribution in [-0.2, 0) is 23.5 Å². The second kappa shape index (κ2) is 4.32. The van der Waals surface area contributed by atoms with Gasteiger partial charge in [0, 0.05) is 45.8 Å². The van der Waals surface area contributed by atoms with Gasteiger partial charge in [0.05, 0.1) is 0 Å². The van der Waals surface area contributed by atoms with Gasteiger partial charge < -0.3 is 13.8 Å². The van der Waals surface area contributed by atoms with Gasteiger partial charge in [-0.15, -0.1) is 6.82 Å². The van der Waals surface area contributed by atoms with Gasteiger partial charge in [-0.05, 0) is 11.4 Å². The highest BCUT2D eigenvalue weighted by Gasteiger charge is 2.34. The second-order valence-electron chi connectivity index (χ2n) is 4.60. The molecule has 0 fully saturated rings. The summed E-state index contributed by atoms with van der Waals surface area (Å²) in [6.07, 6.45) is 5.25. The van der Waals surface area contributed by atoms with E-state index in [0.29, 0.717) is 11.4 Å². The van der Waals surface area contributed by atoms with E-state index in [0.717, 1.165) is 0 Å². The Hall–Kier alpha value is -2.05. The lowest BCUT2D eigenvalue weighted by molar-refractivity contribution is -0.132. The van der Waals surface area contributed by atoms with Crippen molar-refractivity contribution in [1.82, 2.24) is 19.1 Å². The quantitative estimate of drug-likeness (QED) is 0.680. The average Bonchev–Trinajstić information content (AvgIpc) is 2.86. The normalized spacial score (nSPS) is 11.6. The van der Waals surface area contributed by atoms with Crippen molar-refractivity contribution in [2.75, 3.05) is 0 Å². The summed E-state index contributed by atoms with van der Waals surface area (Å²) in [6, 6.07) is 0. The van der Waals surface area contributed by atoms with Crippen molar-refractivity contribution in [3.05, 3.63) is 24.8 Å². The van der Waals surface area contributed by atoms with Crippen molar-refractivity contribution >= 4 is 23.8 Å². The van der Waals surface area contributed by atoms with E-state index in [1.54, 1.807) is 12.4 Å². The van der Waals surface area contributed by atoms with Gasteiger partial charge in [0.1, 0.15) is 0 Å². The maximum absolute atomic E-state index is 11.4. The van der Waals surface area contributed by atoms with E-state index in [-0.39, 0.29) is 5.97 Å². The molecule has 0 N–H and O–H groups in total. The number of carbonyl (C=O) groups excluding carboxylic acids is 1. The first-order valence-corrected chi connectivity index (χ1v) is 5.79. The lowest BCUT2D eigenvalue weighted by Gasteiger charge is -2.35. The Kier molecular flexibility index (Phi) is 2.98. The van der Waals surface area contributed by atoms with Crippen LogP contribution in [0.2, 0.25) is 6.82 Å².